The number of aromatic nitrogens is 3. The summed E-state index contributed by atoms with van der Waals surface area (Å²) in [6.45, 7) is 7.77. The molecule has 1 saturated carbocycles. The predicted octanol–water partition coefficient (Wildman–Crippen LogP) is 4.88. The maximum absolute atomic E-state index is 12.6. The van der Waals surface area contributed by atoms with Gasteiger partial charge in [0.2, 0.25) is 5.91 Å². The minimum Gasteiger partial charge on any atom is -0.431 e. The van der Waals surface area contributed by atoms with Gasteiger partial charge in [-0.3, -0.25) is 14.9 Å². The maximum Gasteiger partial charge on any atom is 0.514 e. The number of ether oxygens (including phenoxy) is 2. The van der Waals surface area contributed by atoms with Crippen LogP contribution in [-0.4, -0.2) is 38.0 Å². The summed E-state index contributed by atoms with van der Waals surface area (Å²) in [7, 11) is 0. The monoisotopic (exact) mass is 511 g/mol. The van der Waals surface area contributed by atoms with Gasteiger partial charge in [0.05, 0.1) is 28.3 Å². The number of nitro benzene ring substituents is 1. The Bertz CT molecular complexity index is 1290. The fourth-order valence-corrected chi connectivity index (χ4v) is 4.25. The van der Waals surface area contributed by atoms with Crippen molar-refractivity contribution in [3.05, 3.63) is 63.7 Å². The van der Waals surface area contributed by atoms with E-state index in [4.69, 9.17) is 19.1 Å². The fourth-order valence-electron chi connectivity index (χ4n) is 4.25. The number of aryl methyl sites for hydroxylation is 1. The van der Waals surface area contributed by atoms with Crippen LogP contribution in [0.4, 0.5) is 16.3 Å². The van der Waals surface area contributed by atoms with Gasteiger partial charge in [-0.2, -0.15) is 5.10 Å². The van der Waals surface area contributed by atoms with Crippen molar-refractivity contribution in [2.24, 2.45) is 0 Å². The summed E-state index contributed by atoms with van der Waals surface area (Å²) in [5.41, 5.74) is 1.03. The number of nitro groups is 1. The largest absolute Gasteiger partial charge is 0.514 e. The van der Waals surface area contributed by atoms with Crippen LogP contribution in [0.5, 0.6) is 5.75 Å². The van der Waals surface area contributed by atoms with E-state index in [0.29, 0.717) is 30.1 Å². The second-order valence-electron chi connectivity index (χ2n) is 10.0. The second-order valence-corrected chi connectivity index (χ2v) is 10.0. The summed E-state index contributed by atoms with van der Waals surface area (Å²) in [5, 5.41) is 22.3. The molecule has 1 amide bonds. The SMILES string of the molecule is Cc1cc(CC(=O)Nc2cc([C@H]3CC[C@@H](OC(=O)Oc4ccc([N+](=O)[O-])cc4)C3)nn2C(C)(C)C)on1. The van der Waals surface area contributed by atoms with Crippen LogP contribution in [0.2, 0.25) is 0 Å². The molecule has 4 rings (SSSR count). The number of anilines is 1. The number of non-ortho nitro benzene ring substituents is 1. The Balaban J connectivity index is 1.37. The van der Waals surface area contributed by atoms with Gasteiger partial charge in [-0.1, -0.05) is 5.16 Å². The third kappa shape index (κ3) is 6.51. The Labute approximate surface area is 213 Å². The van der Waals surface area contributed by atoms with Crippen molar-refractivity contribution in [1.29, 1.82) is 0 Å². The average molecular weight is 512 g/mol. The molecule has 37 heavy (non-hydrogen) atoms. The van der Waals surface area contributed by atoms with Gasteiger partial charge in [0, 0.05) is 30.2 Å². The van der Waals surface area contributed by atoms with Gasteiger partial charge in [0.1, 0.15) is 23.4 Å². The van der Waals surface area contributed by atoms with E-state index in [1.807, 2.05) is 26.8 Å². The molecule has 2 heterocycles. The molecule has 0 spiro atoms. The minimum atomic E-state index is -0.865. The third-order valence-electron chi connectivity index (χ3n) is 5.96. The van der Waals surface area contributed by atoms with E-state index < -0.39 is 11.1 Å². The zero-order chi connectivity index (χ0) is 26.7. The zero-order valence-corrected chi connectivity index (χ0v) is 21.1. The molecule has 1 aliphatic carbocycles. The molecule has 1 aliphatic rings. The molecule has 2 atom stereocenters. The molecular formula is C25H29N5O7. The molecule has 196 valence electrons. The van der Waals surface area contributed by atoms with E-state index in [1.54, 1.807) is 17.7 Å². The van der Waals surface area contributed by atoms with Gasteiger partial charge in [-0.05, 0) is 59.1 Å². The zero-order valence-electron chi connectivity index (χ0n) is 21.1. The number of nitrogens with one attached hydrogen (secondary N) is 1. The Morgan fingerprint density at radius 2 is 1.95 bits per heavy atom. The summed E-state index contributed by atoms with van der Waals surface area (Å²) >= 11 is 0. The van der Waals surface area contributed by atoms with Gasteiger partial charge in [-0.25, -0.2) is 9.48 Å². The fraction of sp³-hybridized carbons (Fsp3) is 0.440. The summed E-state index contributed by atoms with van der Waals surface area (Å²) in [6, 6.07) is 8.77. The van der Waals surface area contributed by atoms with Crippen LogP contribution in [0.25, 0.3) is 0 Å². The van der Waals surface area contributed by atoms with Crippen LogP contribution in [0.3, 0.4) is 0 Å². The standard InChI is InChI=1S/C25H29N5O7/c1-15-11-20(37-28-15)13-23(31)26-22-14-21(27-29(22)25(2,3)4)16-5-8-19(12-16)36-24(32)35-18-9-6-17(7-10-18)30(33)34/h6-7,9-11,14,16,19H,5,8,12-13H2,1-4H3,(H,26,31)/t16-,19+/m0/s1. The minimum absolute atomic E-state index is 0.0355. The Morgan fingerprint density at radius 1 is 1.22 bits per heavy atom. The average Bonchev–Trinajstić information content (AvgIpc) is 3.54. The Kier molecular flexibility index (Phi) is 7.28. The molecule has 12 nitrogen and oxygen atoms in total. The van der Waals surface area contributed by atoms with E-state index in [2.05, 4.69) is 10.5 Å². The van der Waals surface area contributed by atoms with E-state index in [-0.39, 0.29) is 41.3 Å². The van der Waals surface area contributed by atoms with Crippen molar-refractivity contribution in [3.63, 3.8) is 0 Å². The first-order valence-corrected chi connectivity index (χ1v) is 11.9. The highest BCUT2D eigenvalue weighted by molar-refractivity contribution is 5.91. The first-order chi connectivity index (χ1) is 17.5. The van der Waals surface area contributed by atoms with E-state index in [1.165, 1.54) is 24.3 Å². The number of carbonyl (C=O) groups excluding carboxylic acids is 2. The Morgan fingerprint density at radius 3 is 2.57 bits per heavy atom. The lowest BCUT2D eigenvalue weighted by molar-refractivity contribution is -0.384. The van der Waals surface area contributed by atoms with E-state index in [0.717, 1.165) is 12.1 Å². The van der Waals surface area contributed by atoms with Gasteiger partial charge in [-0.15, -0.1) is 0 Å². The van der Waals surface area contributed by atoms with Crippen molar-refractivity contribution < 1.29 is 28.5 Å². The van der Waals surface area contributed by atoms with E-state index >= 15 is 0 Å². The molecule has 1 aromatic carbocycles. The molecule has 0 unspecified atom stereocenters. The lowest BCUT2D eigenvalue weighted by Gasteiger charge is -2.22. The van der Waals surface area contributed by atoms with E-state index in [9.17, 15) is 19.7 Å². The van der Waals surface area contributed by atoms with Crippen LogP contribution in [0.1, 0.15) is 63.1 Å². The molecule has 3 aromatic rings. The second kappa shape index (κ2) is 10.4. The summed E-state index contributed by atoms with van der Waals surface area (Å²) in [4.78, 5) is 35.1. The lowest BCUT2D eigenvalue weighted by atomic mass is 10.0. The molecule has 0 saturated heterocycles. The highest BCUT2D eigenvalue weighted by atomic mass is 16.7. The lowest BCUT2D eigenvalue weighted by Crippen LogP contribution is -2.27. The van der Waals surface area contributed by atoms with Crippen molar-refractivity contribution in [3.8, 4) is 5.75 Å². The maximum atomic E-state index is 12.6. The van der Waals surface area contributed by atoms with Gasteiger partial charge >= 0.3 is 6.16 Å². The quantitative estimate of drug-likeness (QED) is 0.202. The van der Waals surface area contributed by atoms with Gasteiger partial charge in [0.25, 0.3) is 5.69 Å². The number of benzene rings is 1. The van der Waals surface area contributed by atoms with Crippen molar-refractivity contribution >= 4 is 23.6 Å². The van der Waals surface area contributed by atoms with Crippen molar-refractivity contribution in [2.45, 2.75) is 70.9 Å². The highest BCUT2D eigenvalue weighted by Gasteiger charge is 2.32. The van der Waals surface area contributed by atoms with Crippen LogP contribution in [0.15, 0.2) is 40.9 Å². The summed E-state index contributed by atoms with van der Waals surface area (Å²) < 4.78 is 17.5. The molecule has 0 aliphatic heterocycles. The smallest absolute Gasteiger partial charge is 0.431 e. The molecule has 0 radical (unpaired) electrons. The first-order valence-electron chi connectivity index (χ1n) is 11.9. The van der Waals surface area contributed by atoms with Crippen LogP contribution in [-0.2, 0) is 21.5 Å². The van der Waals surface area contributed by atoms with Crippen molar-refractivity contribution in [1.82, 2.24) is 14.9 Å². The summed E-state index contributed by atoms with van der Waals surface area (Å²) in [6.07, 6.45) is 0.776. The third-order valence-corrected chi connectivity index (χ3v) is 5.96. The van der Waals surface area contributed by atoms with Crippen LogP contribution >= 0.6 is 0 Å². The number of rotatable bonds is 7. The molecule has 2 aromatic heterocycles. The number of carbonyl (C=O) groups is 2. The number of hydrogen-bond donors (Lipinski definition) is 1. The number of hydrogen-bond acceptors (Lipinski definition) is 9. The number of nitrogens with zero attached hydrogens (tertiary/aromatic N) is 4. The molecule has 1 N–H and O–H groups in total. The van der Waals surface area contributed by atoms with Crippen molar-refractivity contribution in [2.75, 3.05) is 5.32 Å². The topological polar surface area (TPSA) is 152 Å². The van der Waals surface area contributed by atoms with Crippen LogP contribution in [0, 0.1) is 17.0 Å². The highest BCUT2D eigenvalue weighted by Crippen LogP contribution is 2.37. The van der Waals surface area contributed by atoms with Gasteiger partial charge in [0.15, 0.2) is 0 Å². The number of amides is 1. The molecular weight excluding hydrogens is 482 g/mol. The predicted molar refractivity (Wildman–Crippen MR) is 131 cm³/mol. The normalized spacial score (nSPS) is 17.4. The molecule has 12 heteroatoms. The Hall–Kier alpha value is -4.22. The summed E-state index contributed by atoms with van der Waals surface area (Å²) in [5.74, 6) is 1.01. The van der Waals surface area contributed by atoms with Crippen LogP contribution < -0.4 is 10.1 Å². The first kappa shape index (κ1) is 25.9. The molecule has 0 bridgehead atoms. The van der Waals surface area contributed by atoms with Gasteiger partial charge < -0.3 is 19.3 Å². The molecule has 1 fully saturated rings.